The van der Waals surface area contributed by atoms with Crippen LogP contribution >= 0.6 is 0 Å². The number of aromatic nitrogens is 1. The summed E-state index contributed by atoms with van der Waals surface area (Å²) in [4.78, 5) is 7.22. The predicted octanol–water partition coefficient (Wildman–Crippen LogP) is 3.05. The Morgan fingerprint density at radius 3 is 2.86 bits per heavy atom. The molecule has 2 N–H and O–H groups in total. The molecule has 2 heterocycles. The van der Waals surface area contributed by atoms with Crippen LogP contribution < -0.4 is 5.73 Å². The maximum Gasteiger partial charge on any atom is 0.198 e. The Bertz CT molecular complexity index is 585. The van der Waals surface area contributed by atoms with Crippen LogP contribution in [0.2, 0.25) is 0 Å². The zero-order valence-electron chi connectivity index (χ0n) is 12.8. The molecule has 114 valence electrons. The maximum absolute atomic E-state index is 5.98. The van der Waals surface area contributed by atoms with Crippen LogP contribution in [0.5, 0.6) is 0 Å². The fourth-order valence-electron chi connectivity index (χ4n) is 3.11. The topological polar surface area (TPSA) is 55.3 Å². The first-order chi connectivity index (χ1) is 10.3. The Hall–Kier alpha value is -1.39. The summed E-state index contributed by atoms with van der Waals surface area (Å²) in [6.45, 7) is 6.36. The van der Waals surface area contributed by atoms with Gasteiger partial charge in [-0.15, -0.1) is 0 Å². The van der Waals surface area contributed by atoms with Crippen LogP contribution in [0.25, 0.3) is 11.1 Å². The van der Waals surface area contributed by atoms with Crippen LogP contribution in [0.4, 0.5) is 0 Å². The van der Waals surface area contributed by atoms with Crippen molar-refractivity contribution in [2.75, 3.05) is 26.2 Å². The number of unbranched alkanes of at least 4 members (excludes halogenated alkanes) is 1. The largest absolute Gasteiger partial charge is 0.440 e. The molecule has 0 radical (unpaired) electrons. The van der Waals surface area contributed by atoms with Gasteiger partial charge in [0.15, 0.2) is 11.5 Å². The highest BCUT2D eigenvalue weighted by atomic mass is 16.3. The molecule has 21 heavy (non-hydrogen) atoms. The molecule has 1 aliphatic heterocycles. The molecule has 4 nitrogen and oxygen atoms in total. The van der Waals surface area contributed by atoms with E-state index < -0.39 is 0 Å². The molecule has 1 aromatic carbocycles. The number of piperidine rings is 1. The minimum Gasteiger partial charge on any atom is -0.440 e. The lowest BCUT2D eigenvalue weighted by molar-refractivity contribution is 0.198. The molecule has 1 fully saturated rings. The summed E-state index contributed by atoms with van der Waals surface area (Å²) in [5.41, 5.74) is 8.69. The average Bonchev–Trinajstić information content (AvgIpc) is 2.91. The fraction of sp³-hybridized carbons (Fsp3) is 0.588. The third-order valence-electron chi connectivity index (χ3n) is 4.43. The zero-order chi connectivity index (χ0) is 14.7. The number of hydrogen-bond donors (Lipinski definition) is 1. The number of oxazole rings is 1. The van der Waals surface area contributed by atoms with Gasteiger partial charge in [-0.1, -0.05) is 6.07 Å². The quantitative estimate of drug-likeness (QED) is 0.859. The van der Waals surface area contributed by atoms with Crippen molar-refractivity contribution in [3.8, 4) is 0 Å². The van der Waals surface area contributed by atoms with E-state index in [2.05, 4.69) is 35.0 Å². The molecule has 0 aliphatic carbocycles. The van der Waals surface area contributed by atoms with Gasteiger partial charge >= 0.3 is 0 Å². The normalized spacial score (nSPS) is 17.6. The van der Waals surface area contributed by atoms with Crippen molar-refractivity contribution in [2.45, 2.75) is 38.5 Å². The van der Waals surface area contributed by atoms with Crippen molar-refractivity contribution in [3.63, 3.8) is 0 Å². The lowest BCUT2D eigenvalue weighted by Gasteiger charge is -2.30. The van der Waals surface area contributed by atoms with E-state index in [4.69, 9.17) is 10.2 Å². The van der Waals surface area contributed by atoms with Gasteiger partial charge in [0.25, 0.3) is 0 Å². The van der Waals surface area contributed by atoms with E-state index in [0.717, 1.165) is 55.9 Å². The molecule has 1 saturated heterocycles. The molecule has 0 bridgehead atoms. The van der Waals surface area contributed by atoms with Gasteiger partial charge in [-0.2, -0.15) is 0 Å². The summed E-state index contributed by atoms with van der Waals surface area (Å²) in [7, 11) is 0. The number of likely N-dealkylation sites (tertiary alicyclic amines) is 1. The van der Waals surface area contributed by atoms with Crippen LogP contribution in [-0.2, 0) is 0 Å². The predicted molar refractivity (Wildman–Crippen MR) is 85.4 cm³/mol. The molecule has 0 amide bonds. The molecule has 3 rings (SSSR count). The molecule has 1 aliphatic rings. The minimum absolute atomic E-state index is 0.475. The van der Waals surface area contributed by atoms with E-state index in [-0.39, 0.29) is 0 Å². The van der Waals surface area contributed by atoms with E-state index in [1.165, 1.54) is 18.5 Å². The lowest BCUT2D eigenvalue weighted by atomic mass is 9.96. The van der Waals surface area contributed by atoms with Crippen molar-refractivity contribution in [2.24, 2.45) is 5.73 Å². The third kappa shape index (κ3) is 3.44. The smallest absolute Gasteiger partial charge is 0.198 e. The Balaban J connectivity index is 1.60. The second kappa shape index (κ2) is 6.58. The Morgan fingerprint density at radius 1 is 1.29 bits per heavy atom. The number of nitrogens with two attached hydrogens (primary N) is 1. The number of fused-ring (bicyclic) bond motifs is 1. The third-order valence-corrected chi connectivity index (χ3v) is 4.43. The van der Waals surface area contributed by atoms with Crippen molar-refractivity contribution in [1.29, 1.82) is 0 Å². The molecule has 2 aromatic rings. The van der Waals surface area contributed by atoms with Gasteiger partial charge in [-0.25, -0.2) is 4.98 Å². The van der Waals surface area contributed by atoms with E-state index in [9.17, 15) is 0 Å². The van der Waals surface area contributed by atoms with Gasteiger partial charge in [0.05, 0.1) is 0 Å². The minimum atomic E-state index is 0.475. The summed E-state index contributed by atoms with van der Waals surface area (Å²) in [5.74, 6) is 1.40. The second-order valence-corrected chi connectivity index (χ2v) is 6.13. The standard InChI is InChI=1S/C17H25N3O/c1-13-4-5-15-16(12-13)21-17(19-15)14-6-10-20(11-7-14)9-3-2-8-18/h4-5,12,14H,2-3,6-11,18H2,1H3. The first kappa shape index (κ1) is 14.5. The first-order valence-corrected chi connectivity index (χ1v) is 8.06. The van der Waals surface area contributed by atoms with E-state index in [1.807, 2.05) is 0 Å². The van der Waals surface area contributed by atoms with Crippen molar-refractivity contribution in [3.05, 3.63) is 29.7 Å². The summed E-state index contributed by atoms with van der Waals surface area (Å²) in [6, 6.07) is 6.22. The van der Waals surface area contributed by atoms with Gasteiger partial charge < -0.3 is 15.1 Å². The van der Waals surface area contributed by atoms with Crippen molar-refractivity contribution >= 4 is 11.1 Å². The molecule has 0 saturated carbocycles. The lowest BCUT2D eigenvalue weighted by Crippen LogP contribution is -2.33. The van der Waals surface area contributed by atoms with Gasteiger partial charge in [0.2, 0.25) is 0 Å². The Morgan fingerprint density at radius 2 is 2.10 bits per heavy atom. The number of aryl methyl sites for hydroxylation is 1. The van der Waals surface area contributed by atoms with Crippen LogP contribution in [0.3, 0.4) is 0 Å². The van der Waals surface area contributed by atoms with Gasteiger partial charge in [0, 0.05) is 5.92 Å². The van der Waals surface area contributed by atoms with Gasteiger partial charge in [-0.3, -0.25) is 0 Å². The molecule has 0 spiro atoms. The van der Waals surface area contributed by atoms with Crippen LogP contribution in [0.15, 0.2) is 22.6 Å². The second-order valence-electron chi connectivity index (χ2n) is 6.13. The Labute approximate surface area is 126 Å². The molecule has 1 aromatic heterocycles. The molecular formula is C17H25N3O. The molecule has 0 atom stereocenters. The van der Waals surface area contributed by atoms with Crippen LogP contribution in [0.1, 0.15) is 43.1 Å². The SMILES string of the molecule is Cc1ccc2nc(C3CCN(CCCCN)CC3)oc2c1. The average molecular weight is 287 g/mol. The number of benzene rings is 1. The highest BCUT2D eigenvalue weighted by Gasteiger charge is 2.24. The number of nitrogens with zero attached hydrogens (tertiary/aromatic N) is 2. The molecule has 4 heteroatoms. The van der Waals surface area contributed by atoms with E-state index in [0.29, 0.717) is 5.92 Å². The van der Waals surface area contributed by atoms with Crippen molar-refractivity contribution < 1.29 is 4.42 Å². The summed E-state index contributed by atoms with van der Waals surface area (Å²) in [6.07, 6.45) is 4.64. The summed E-state index contributed by atoms with van der Waals surface area (Å²) < 4.78 is 5.98. The van der Waals surface area contributed by atoms with Crippen molar-refractivity contribution in [1.82, 2.24) is 9.88 Å². The Kier molecular flexibility index (Phi) is 4.56. The number of hydrogen-bond acceptors (Lipinski definition) is 4. The van der Waals surface area contributed by atoms with Crippen LogP contribution in [0, 0.1) is 6.92 Å². The molecule has 0 unspecified atom stereocenters. The summed E-state index contributed by atoms with van der Waals surface area (Å²) in [5, 5.41) is 0. The van der Waals surface area contributed by atoms with Gasteiger partial charge in [0.1, 0.15) is 5.52 Å². The first-order valence-electron chi connectivity index (χ1n) is 8.06. The van der Waals surface area contributed by atoms with Crippen LogP contribution in [-0.4, -0.2) is 36.1 Å². The summed E-state index contributed by atoms with van der Waals surface area (Å²) >= 11 is 0. The van der Waals surface area contributed by atoms with Gasteiger partial charge in [-0.05, 0) is 76.5 Å². The number of rotatable bonds is 5. The fourth-order valence-corrected chi connectivity index (χ4v) is 3.11. The zero-order valence-corrected chi connectivity index (χ0v) is 12.8. The maximum atomic E-state index is 5.98. The highest BCUT2D eigenvalue weighted by molar-refractivity contribution is 5.73. The van der Waals surface area contributed by atoms with E-state index >= 15 is 0 Å². The molecular weight excluding hydrogens is 262 g/mol. The van der Waals surface area contributed by atoms with E-state index in [1.54, 1.807) is 0 Å². The monoisotopic (exact) mass is 287 g/mol. The highest BCUT2D eigenvalue weighted by Crippen LogP contribution is 2.30.